The Morgan fingerprint density at radius 2 is 0.942 bits per heavy atom. The van der Waals surface area contributed by atoms with Crippen molar-refractivity contribution < 1.29 is 4.42 Å². The summed E-state index contributed by atoms with van der Waals surface area (Å²) >= 11 is 0. The summed E-state index contributed by atoms with van der Waals surface area (Å²) in [5.41, 5.74) is 12.6. The van der Waals surface area contributed by atoms with Crippen LogP contribution in [0, 0.1) is 0 Å². The zero-order valence-corrected chi connectivity index (χ0v) is 28.3. The molecule has 0 saturated carbocycles. The van der Waals surface area contributed by atoms with Gasteiger partial charge in [0.15, 0.2) is 0 Å². The van der Waals surface area contributed by atoms with Crippen LogP contribution in [0.15, 0.2) is 192 Å². The van der Waals surface area contributed by atoms with Gasteiger partial charge in [-0.1, -0.05) is 140 Å². The maximum atomic E-state index is 6.37. The van der Waals surface area contributed by atoms with Gasteiger partial charge in [0.1, 0.15) is 11.2 Å². The molecule has 0 aliphatic heterocycles. The lowest BCUT2D eigenvalue weighted by atomic mass is 9.90. The summed E-state index contributed by atoms with van der Waals surface area (Å²) in [7, 11) is 0. The molecule has 2 heteroatoms. The van der Waals surface area contributed by atoms with Crippen LogP contribution in [0.3, 0.4) is 0 Å². The number of aromatic nitrogens is 1. The Morgan fingerprint density at radius 1 is 0.327 bits per heavy atom. The predicted octanol–water partition coefficient (Wildman–Crippen LogP) is 14.0. The van der Waals surface area contributed by atoms with Crippen molar-refractivity contribution in [1.29, 1.82) is 0 Å². The zero-order chi connectivity index (χ0) is 34.2. The lowest BCUT2D eigenvalue weighted by Crippen LogP contribution is -1.92. The van der Waals surface area contributed by atoms with Gasteiger partial charge >= 0.3 is 0 Å². The van der Waals surface area contributed by atoms with Crippen LogP contribution in [0.2, 0.25) is 0 Å². The summed E-state index contributed by atoms with van der Waals surface area (Å²) in [6.45, 7) is 0. The number of furan rings is 1. The highest BCUT2D eigenvalue weighted by Crippen LogP contribution is 2.41. The Hall–Kier alpha value is -6.90. The highest BCUT2D eigenvalue weighted by Gasteiger charge is 2.16. The Balaban J connectivity index is 1.04. The number of nitrogens with zero attached hydrogens (tertiary/aromatic N) is 1. The fraction of sp³-hybridized carbons (Fsp3) is 0. The number of rotatable bonds is 4. The molecule has 2 nitrogen and oxygen atoms in total. The fourth-order valence-electron chi connectivity index (χ4n) is 8.33. The van der Waals surface area contributed by atoms with E-state index in [1.54, 1.807) is 0 Å². The van der Waals surface area contributed by atoms with Gasteiger partial charge in [-0.3, -0.25) is 0 Å². The minimum absolute atomic E-state index is 0.919. The SMILES string of the molecule is c1ccc(-n2c3ccccc3c3cc(-c4ccc5c(-c6ccc(-c7cccc8c7oc7ccccc78)cc6)cc6ccccc6c5c4)ccc32)cc1. The van der Waals surface area contributed by atoms with E-state index >= 15 is 0 Å². The van der Waals surface area contributed by atoms with Crippen molar-refractivity contribution in [1.82, 2.24) is 4.57 Å². The first-order valence-corrected chi connectivity index (χ1v) is 17.8. The van der Waals surface area contributed by atoms with E-state index < -0.39 is 0 Å². The molecule has 9 aromatic carbocycles. The van der Waals surface area contributed by atoms with Gasteiger partial charge in [0, 0.05) is 32.8 Å². The van der Waals surface area contributed by atoms with E-state index in [-0.39, 0.29) is 0 Å². The quantitative estimate of drug-likeness (QED) is 0.172. The molecule has 242 valence electrons. The van der Waals surface area contributed by atoms with Crippen LogP contribution in [0.4, 0.5) is 0 Å². The normalized spacial score (nSPS) is 11.8. The zero-order valence-electron chi connectivity index (χ0n) is 28.3. The molecular formula is C50H31NO. The minimum Gasteiger partial charge on any atom is -0.455 e. The van der Waals surface area contributed by atoms with E-state index in [9.17, 15) is 0 Å². The van der Waals surface area contributed by atoms with Crippen molar-refractivity contribution in [2.24, 2.45) is 0 Å². The lowest BCUT2D eigenvalue weighted by molar-refractivity contribution is 0.670. The monoisotopic (exact) mass is 661 g/mol. The Morgan fingerprint density at radius 3 is 1.79 bits per heavy atom. The van der Waals surface area contributed by atoms with E-state index in [4.69, 9.17) is 4.42 Å². The molecule has 0 aliphatic rings. The number of hydrogen-bond donors (Lipinski definition) is 0. The highest BCUT2D eigenvalue weighted by molar-refractivity contribution is 6.16. The van der Waals surface area contributed by atoms with E-state index in [1.807, 2.05) is 12.1 Å². The summed E-state index contributed by atoms with van der Waals surface area (Å²) in [5, 5.41) is 9.82. The van der Waals surface area contributed by atoms with Crippen LogP contribution in [-0.4, -0.2) is 4.57 Å². The van der Waals surface area contributed by atoms with Gasteiger partial charge in [-0.2, -0.15) is 0 Å². The van der Waals surface area contributed by atoms with Crippen LogP contribution in [0.5, 0.6) is 0 Å². The van der Waals surface area contributed by atoms with Crippen LogP contribution in [0.25, 0.3) is 104 Å². The molecule has 11 rings (SSSR count). The first kappa shape index (κ1) is 28.9. The maximum Gasteiger partial charge on any atom is 0.143 e. The van der Waals surface area contributed by atoms with Gasteiger partial charge in [0.2, 0.25) is 0 Å². The molecule has 0 bridgehead atoms. The second kappa shape index (κ2) is 11.3. The smallest absolute Gasteiger partial charge is 0.143 e. The summed E-state index contributed by atoms with van der Waals surface area (Å²) in [6, 6.07) is 68.0. The molecule has 52 heavy (non-hydrogen) atoms. The second-order valence-electron chi connectivity index (χ2n) is 13.7. The molecule has 0 spiro atoms. The Kier molecular flexibility index (Phi) is 6.28. The van der Waals surface area contributed by atoms with Crippen LogP contribution < -0.4 is 0 Å². The van der Waals surface area contributed by atoms with Gasteiger partial charge in [0.25, 0.3) is 0 Å². The topological polar surface area (TPSA) is 18.1 Å². The number of fused-ring (bicyclic) bond motifs is 9. The molecule has 0 radical (unpaired) electrons. The lowest BCUT2D eigenvalue weighted by Gasteiger charge is -2.14. The average Bonchev–Trinajstić information content (AvgIpc) is 3.76. The van der Waals surface area contributed by atoms with Crippen molar-refractivity contribution in [2.45, 2.75) is 0 Å². The summed E-state index contributed by atoms with van der Waals surface area (Å²) in [5.74, 6) is 0. The molecule has 0 aliphatic carbocycles. The average molecular weight is 662 g/mol. The minimum atomic E-state index is 0.919. The van der Waals surface area contributed by atoms with Crippen molar-refractivity contribution in [2.75, 3.05) is 0 Å². The molecule has 2 aromatic heterocycles. The van der Waals surface area contributed by atoms with Gasteiger partial charge in [-0.15, -0.1) is 0 Å². The molecule has 0 N–H and O–H groups in total. The number of para-hydroxylation sites is 4. The fourth-order valence-corrected chi connectivity index (χ4v) is 8.33. The van der Waals surface area contributed by atoms with Gasteiger partial charge in [-0.05, 0) is 97.9 Å². The first-order chi connectivity index (χ1) is 25.8. The van der Waals surface area contributed by atoms with Gasteiger partial charge < -0.3 is 8.98 Å². The molecular weight excluding hydrogens is 631 g/mol. The van der Waals surface area contributed by atoms with Crippen LogP contribution >= 0.6 is 0 Å². The van der Waals surface area contributed by atoms with Crippen molar-refractivity contribution in [3.63, 3.8) is 0 Å². The number of hydrogen-bond acceptors (Lipinski definition) is 1. The summed E-state index contributed by atoms with van der Waals surface area (Å²) in [4.78, 5) is 0. The number of benzene rings is 9. The highest BCUT2D eigenvalue weighted by atomic mass is 16.3. The van der Waals surface area contributed by atoms with Crippen LogP contribution in [0.1, 0.15) is 0 Å². The molecule has 0 fully saturated rings. The third kappa shape index (κ3) is 4.38. The van der Waals surface area contributed by atoms with Crippen molar-refractivity contribution in [3.8, 4) is 39.1 Å². The largest absolute Gasteiger partial charge is 0.455 e. The molecule has 2 heterocycles. The van der Waals surface area contributed by atoms with Crippen molar-refractivity contribution in [3.05, 3.63) is 188 Å². The van der Waals surface area contributed by atoms with E-state index in [0.29, 0.717) is 0 Å². The van der Waals surface area contributed by atoms with E-state index in [1.165, 1.54) is 71.3 Å². The Bertz CT molecular complexity index is 3160. The summed E-state index contributed by atoms with van der Waals surface area (Å²) < 4.78 is 8.74. The van der Waals surface area contributed by atoms with Crippen LogP contribution in [-0.2, 0) is 0 Å². The molecule has 0 atom stereocenters. The van der Waals surface area contributed by atoms with Gasteiger partial charge in [-0.25, -0.2) is 0 Å². The maximum absolute atomic E-state index is 6.37. The molecule has 0 amide bonds. The standard InChI is InChI=1S/C50H31NO/c1-2-12-37(13-3-1)51-47-19-8-6-15-41(47)46-30-35(26-28-48(46)51)34-25-27-40-44(31-36-11-4-5-14-38(36)45(40)29-34)33-23-21-32(22-24-33)39-17-10-18-43-42-16-7-9-20-49(42)52-50(39)43/h1-31H. The second-order valence-corrected chi connectivity index (χ2v) is 13.7. The third-order valence-corrected chi connectivity index (χ3v) is 10.8. The molecule has 0 unspecified atom stereocenters. The Labute approximate surface area is 300 Å². The molecule has 11 aromatic rings. The summed E-state index contributed by atoms with van der Waals surface area (Å²) in [6.07, 6.45) is 0. The van der Waals surface area contributed by atoms with Crippen molar-refractivity contribution >= 4 is 65.3 Å². The van der Waals surface area contributed by atoms with E-state index in [2.05, 4.69) is 180 Å². The van der Waals surface area contributed by atoms with E-state index in [0.717, 1.165) is 33.1 Å². The predicted molar refractivity (Wildman–Crippen MR) is 219 cm³/mol. The first-order valence-electron chi connectivity index (χ1n) is 17.8. The van der Waals surface area contributed by atoms with Gasteiger partial charge in [0.05, 0.1) is 11.0 Å². The molecule has 0 saturated heterocycles. The third-order valence-electron chi connectivity index (χ3n) is 10.8.